The van der Waals surface area contributed by atoms with Crippen LogP contribution in [0.1, 0.15) is 25.3 Å². The van der Waals surface area contributed by atoms with E-state index in [1.807, 2.05) is 55.5 Å². The van der Waals surface area contributed by atoms with E-state index in [1.54, 1.807) is 24.3 Å². The van der Waals surface area contributed by atoms with Crippen LogP contribution in [-0.2, 0) is 4.79 Å². The average molecular weight is 401 g/mol. The average Bonchev–Trinajstić information content (AvgIpc) is 2.79. The molecule has 5 heteroatoms. The van der Waals surface area contributed by atoms with Crippen LogP contribution in [-0.4, -0.2) is 19.2 Å². The molecule has 0 aliphatic carbocycles. The van der Waals surface area contributed by atoms with E-state index in [0.29, 0.717) is 30.9 Å². The molecule has 0 aliphatic heterocycles. The van der Waals surface area contributed by atoms with Gasteiger partial charge in [-0.1, -0.05) is 24.3 Å². The van der Waals surface area contributed by atoms with Crippen LogP contribution >= 0.6 is 0 Å². The van der Waals surface area contributed by atoms with Gasteiger partial charge in [0.25, 0.3) is 0 Å². The van der Waals surface area contributed by atoms with Crippen molar-refractivity contribution in [1.82, 2.24) is 0 Å². The number of esters is 1. The lowest BCUT2D eigenvalue weighted by Gasteiger charge is -2.08. The predicted molar refractivity (Wildman–Crippen MR) is 115 cm³/mol. The van der Waals surface area contributed by atoms with Crippen molar-refractivity contribution in [2.75, 3.05) is 13.2 Å². The van der Waals surface area contributed by atoms with Crippen LogP contribution in [0, 0.1) is 11.3 Å². The summed E-state index contributed by atoms with van der Waals surface area (Å²) < 4.78 is 16.4. The second-order valence-corrected chi connectivity index (χ2v) is 6.54. The molecule has 0 aliphatic rings. The first-order valence-electron chi connectivity index (χ1n) is 9.85. The van der Waals surface area contributed by atoms with Crippen molar-refractivity contribution >= 4 is 5.97 Å². The van der Waals surface area contributed by atoms with E-state index in [0.717, 1.165) is 22.6 Å². The standard InChI is InChI=1S/C25H23NO4/c1-2-28-22-13-15-23(16-14-22)29-17-3-4-25(27)30-24-11-9-21(10-12-24)20-7-5-19(18-26)6-8-20/h5-16H,2-4,17H2,1H3. The Hall–Kier alpha value is -3.78. The molecule has 0 spiro atoms. The van der Waals surface area contributed by atoms with Gasteiger partial charge in [-0.25, -0.2) is 0 Å². The van der Waals surface area contributed by atoms with Gasteiger partial charge < -0.3 is 14.2 Å². The van der Waals surface area contributed by atoms with E-state index in [9.17, 15) is 4.79 Å². The van der Waals surface area contributed by atoms with E-state index in [-0.39, 0.29) is 12.4 Å². The molecule has 0 bridgehead atoms. The molecule has 3 aromatic carbocycles. The van der Waals surface area contributed by atoms with Gasteiger partial charge >= 0.3 is 5.97 Å². The van der Waals surface area contributed by atoms with Gasteiger partial charge in [-0.3, -0.25) is 4.79 Å². The maximum Gasteiger partial charge on any atom is 0.311 e. The van der Waals surface area contributed by atoms with E-state index in [4.69, 9.17) is 19.5 Å². The largest absolute Gasteiger partial charge is 0.494 e. The summed E-state index contributed by atoms with van der Waals surface area (Å²) in [6.07, 6.45) is 0.837. The van der Waals surface area contributed by atoms with Crippen LogP contribution in [0.15, 0.2) is 72.8 Å². The molecule has 3 aromatic rings. The third-order valence-electron chi connectivity index (χ3n) is 4.36. The van der Waals surface area contributed by atoms with Gasteiger partial charge in [0, 0.05) is 6.42 Å². The Morgan fingerprint density at radius 2 is 1.33 bits per heavy atom. The van der Waals surface area contributed by atoms with Gasteiger partial charge in [-0.15, -0.1) is 0 Å². The molecule has 0 unspecified atom stereocenters. The smallest absolute Gasteiger partial charge is 0.311 e. The summed E-state index contributed by atoms with van der Waals surface area (Å²) >= 11 is 0. The number of rotatable bonds is 9. The molecular formula is C25H23NO4. The monoisotopic (exact) mass is 401 g/mol. The number of hydrogen-bond acceptors (Lipinski definition) is 5. The zero-order valence-electron chi connectivity index (χ0n) is 16.8. The fourth-order valence-corrected chi connectivity index (χ4v) is 2.84. The first kappa shape index (κ1) is 20.9. The summed E-state index contributed by atoms with van der Waals surface area (Å²) in [6.45, 7) is 2.99. The Morgan fingerprint density at radius 1 is 0.800 bits per heavy atom. The van der Waals surface area contributed by atoms with Crippen LogP contribution < -0.4 is 14.2 Å². The number of nitriles is 1. The Bertz CT molecular complexity index is 987. The minimum Gasteiger partial charge on any atom is -0.494 e. The molecule has 152 valence electrons. The van der Waals surface area contributed by atoms with Crippen LogP contribution in [0.5, 0.6) is 17.2 Å². The minimum atomic E-state index is -0.295. The van der Waals surface area contributed by atoms with Crippen LogP contribution in [0.3, 0.4) is 0 Å². The van der Waals surface area contributed by atoms with E-state index in [2.05, 4.69) is 6.07 Å². The maximum atomic E-state index is 12.0. The van der Waals surface area contributed by atoms with E-state index in [1.165, 1.54) is 0 Å². The van der Waals surface area contributed by atoms with Gasteiger partial charge in [0.2, 0.25) is 0 Å². The van der Waals surface area contributed by atoms with Gasteiger partial charge in [0.15, 0.2) is 0 Å². The van der Waals surface area contributed by atoms with Crippen molar-refractivity contribution in [2.24, 2.45) is 0 Å². The third kappa shape index (κ3) is 6.11. The number of hydrogen-bond donors (Lipinski definition) is 0. The topological polar surface area (TPSA) is 68.6 Å². The lowest BCUT2D eigenvalue weighted by Crippen LogP contribution is -2.09. The van der Waals surface area contributed by atoms with Crippen molar-refractivity contribution in [3.8, 4) is 34.4 Å². The second kappa shape index (κ2) is 10.7. The van der Waals surface area contributed by atoms with Gasteiger partial charge in [0.1, 0.15) is 17.2 Å². The number of ether oxygens (including phenoxy) is 3. The van der Waals surface area contributed by atoms with Gasteiger partial charge in [0.05, 0.1) is 24.8 Å². The molecule has 3 rings (SSSR count). The summed E-state index contributed by atoms with van der Waals surface area (Å²) in [5.74, 6) is 1.75. The van der Waals surface area contributed by atoms with Crippen molar-refractivity contribution in [2.45, 2.75) is 19.8 Å². The zero-order chi connectivity index (χ0) is 21.2. The second-order valence-electron chi connectivity index (χ2n) is 6.54. The Balaban J connectivity index is 1.41. The molecule has 0 saturated carbocycles. The first-order chi connectivity index (χ1) is 14.7. The van der Waals surface area contributed by atoms with E-state index >= 15 is 0 Å². The molecule has 5 nitrogen and oxygen atoms in total. The Kier molecular flexibility index (Phi) is 7.45. The predicted octanol–water partition coefficient (Wildman–Crippen LogP) is 5.39. The highest BCUT2D eigenvalue weighted by molar-refractivity contribution is 5.73. The fraction of sp³-hybridized carbons (Fsp3) is 0.200. The zero-order valence-corrected chi connectivity index (χ0v) is 16.8. The first-order valence-corrected chi connectivity index (χ1v) is 9.85. The normalized spacial score (nSPS) is 10.1. The summed E-state index contributed by atoms with van der Waals surface area (Å²) in [6, 6.07) is 24.2. The summed E-state index contributed by atoms with van der Waals surface area (Å²) in [5.41, 5.74) is 2.61. The lowest BCUT2D eigenvalue weighted by atomic mass is 10.0. The molecule has 30 heavy (non-hydrogen) atoms. The SMILES string of the molecule is CCOc1ccc(OCCCC(=O)Oc2ccc(-c3ccc(C#N)cc3)cc2)cc1. The lowest BCUT2D eigenvalue weighted by molar-refractivity contribution is -0.134. The van der Waals surface area contributed by atoms with Gasteiger partial charge in [-0.05, 0) is 73.0 Å². The van der Waals surface area contributed by atoms with Gasteiger partial charge in [-0.2, -0.15) is 5.26 Å². The van der Waals surface area contributed by atoms with Crippen LogP contribution in [0.4, 0.5) is 0 Å². The van der Waals surface area contributed by atoms with Crippen LogP contribution in [0.25, 0.3) is 11.1 Å². The van der Waals surface area contributed by atoms with E-state index < -0.39 is 0 Å². The van der Waals surface area contributed by atoms with Crippen molar-refractivity contribution in [3.05, 3.63) is 78.4 Å². The summed E-state index contributed by atoms with van der Waals surface area (Å²) in [4.78, 5) is 12.0. The molecular weight excluding hydrogens is 378 g/mol. The molecule has 0 amide bonds. The molecule has 0 fully saturated rings. The van der Waals surface area contributed by atoms with Crippen LogP contribution in [0.2, 0.25) is 0 Å². The minimum absolute atomic E-state index is 0.272. The van der Waals surface area contributed by atoms with Crippen molar-refractivity contribution in [1.29, 1.82) is 5.26 Å². The Morgan fingerprint density at radius 3 is 1.90 bits per heavy atom. The van der Waals surface area contributed by atoms with Crippen molar-refractivity contribution < 1.29 is 19.0 Å². The maximum absolute atomic E-state index is 12.0. The highest BCUT2D eigenvalue weighted by atomic mass is 16.5. The Labute approximate surface area is 176 Å². The van der Waals surface area contributed by atoms with Crippen molar-refractivity contribution in [3.63, 3.8) is 0 Å². The number of nitrogens with zero attached hydrogens (tertiary/aromatic N) is 1. The quantitative estimate of drug-likeness (QED) is 0.273. The molecule has 0 aromatic heterocycles. The number of carbonyl (C=O) groups is 1. The summed E-state index contributed by atoms with van der Waals surface area (Å²) in [5, 5.41) is 8.87. The molecule has 0 N–H and O–H groups in total. The number of carbonyl (C=O) groups excluding carboxylic acids is 1. The highest BCUT2D eigenvalue weighted by Crippen LogP contribution is 2.23. The number of benzene rings is 3. The molecule has 0 saturated heterocycles. The molecule has 0 atom stereocenters. The summed E-state index contributed by atoms with van der Waals surface area (Å²) in [7, 11) is 0. The molecule has 0 radical (unpaired) electrons. The fourth-order valence-electron chi connectivity index (χ4n) is 2.84. The molecule has 0 heterocycles. The third-order valence-corrected chi connectivity index (χ3v) is 4.36. The highest BCUT2D eigenvalue weighted by Gasteiger charge is 2.06.